The first-order valence-corrected chi connectivity index (χ1v) is 6.82. The third kappa shape index (κ3) is 2.18. The molecule has 3 rings (SSSR count). The van der Waals surface area contributed by atoms with E-state index in [0.29, 0.717) is 5.75 Å². The van der Waals surface area contributed by atoms with Gasteiger partial charge < -0.3 is 9.15 Å². The highest BCUT2D eigenvalue weighted by Crippen LogP contribution is 2.34. The Labute approximate surface area is 122 Å². The smallest absolute Gasteiger partial charge is 0.161 e. The summed E-state index contributed by atoms with van der Waals surface area (Å²) in [5.41, 5.74) is 5.52. The number of aryl methyl sites for hydroxylation is 1. The monoisotopic (exact) mass is 286 g/mol. The van der Waals surface area contributed by atoms with Crippen molar-refractivity contribution in [1.82, 2.24) is 15.2 Å². The summed E-state index contributed by atoms with van der Waals surface area (Å²) in [5.74, 6) is 6.50. The fraction of sp³-hybridized carbons (Fsp3) is 0.267. The van der Waals surface area contributed by atoms with Crippen molar-refractivity contribution in [2.45, 2.75) is 19.5 Å². The number of rotatable bonds is 5. The molecule has 0 spiro atoms. The number of nitrogens with zero attached hydrogens (tertiary/aromatic N) is 2. The van der Waals surface area contributed by atoms with Crippen LogP contribution in [0, 0.1) is 0 Å². The van der Waals surface area contributed by atoms with Crippen molar-refractivity contribution in [2.24, 2.45) is 5.84 Å². The van der Waals surface area contributed by atoms with Crippen LogP contribution in [-0.4, -0.2) is 16.9 Å². The maximum atomic E-state index is 5.81. The molecule has 21 heavy (non-hydrogen) atoms. The van der Waals surface area contributed by atoms with Crippen LogP contribution in [0.25, 0.3) is 11.0 Å². The largest absolute Gasteiger partial charge is 0.493 e. The number of ether oxygens (including phenoxy) is 1. The summed E-state index contributed by atoms with van der Waals surface area (Å²) >= 11 is 0. The number of aromatic nitrogens is 2. The van der Waals surface area contributed by atoms with Gasteiger partial charge in [-0.15, -0.1) is 0 Å². The molecule has 0 bridgehead atoms. The first-order valence-electron chi connectivity index (χ1n) is 6.82. The lowest BCUT2D eigenvalue weighted by atomic mass is 10.0. The third-order valence-electron chi connectivity index (χ3n) is 3.63. The van der Waals surface area contributed by atoms with E-state index in [4.69, 9.17) is 15.0 Å². The molecular weight excluding hydrogens is 268 g/mol. The maximum absolute atomic E-state index is 5.81. The van der Waals surface area contributed by atoms with Gasteiger partial charge in [0.15, 0.2) is 5.75 Å². The lowest BCUT2D eigenvalue weighted by Crippen LogP contribution is -2.30. The second-order valence-corrected chi connectivity index (χ2v) is 4.70. The van der Waals surface area contributed by atoms with Gasteiger partial charge >= 0.3 is 0 Å². The number of nitrogens with two attached hydrogens (primary N) is 1. The minimum Gasteiger partial charge on any atom is -0.493 e. The van der Waals surface area contributed by atoms with Crippen molar-refractivity contribution in [1.29, 1.82) is 0 Å². The summed E-state index contributed by atoms with van der Waals surface area (Å²) in [6.45, 7) is 2.75. The van der Waals surface area contributed by atoms with Gasteiger partial charge in [0.2, 0.25) is 0 Å². The summed E-state index contributed by atoms with van der Waals surface area (Å²) in [5, 5.41) is 5.35. The van der Waals surface area contributed by atoms with Gasteiger partial charge in [-0.05, 0) is 13.0 Å². The number of hydrogen-bond donors (Lipinski definition) is 2. The molecular formula is C15H18N4O2. The third-order valence-corrected chi connectivity index (χ3v) is 3.63. The Hall–Kier alpha value is -2.31. The highest BCUT2D eigenvalue weighted by Gasteiger charge is 2.25. The van der Waals surface area contributed by atoms with Gasteiger partial charge in [0.25, 0.3) is 0 Å². The quantitative estimate of drug-likeness (QED) is 0.555. The van der Waals surface area contributed by atoms with Crippen LogP contribution >= 0.6 is 0 Å². The summed E-state index contributed by atoms with van der Waals surface area (Å²) in [6, 6.07) is 7.60. The van der Waals surface area contributed by atoms with Crippen molar-refractivity contribution < 1.29 is 9.15 Å². The zero-order valence-electron chi connectivity index (χ0n) is 12.0. The Bertz CT molecular complexity index is 726. The molecule has 0 fully saturated rings. The number of hydrogen-bond acceptors (Lipinski definition) is 5. The van der Waals surface area contributed by atoms with E-state index in [2.05, 4.69) is 10.5 Å². The average molecular weight is 286 g/mol. The molecule has 6 heteroatoms. The number of fused-ring (bicyclic) bond motifs is 1. The molecule has 2 heterocycles. The molecule has 0 aliphatic rings. The highest BCUT2D eigenvalue weighted by molar-refractivity contribution is 5.82. The van der Waals surface area contributed by atoms with Crippen molar-refractivity contribution in [3.05, 3.63) is 48.0 Å². The fourth-order valence-corrected chi connectivity index (χ4v) is 2.62. The maximum Gasteiger partial charge on any atom is 0.161 e. The first kappa shape index (κ1) is 13.7. The van der Waals surface area contributed by atoms with Gasteiger partial charge in [-0.25, -0.2) is 5.43 Å². The van der Waals surface area contributed by atoms with E-state index in [0.717, 1.165) is 28.8 Å². The summed E-state index contributed by atoms with van der Waals surface area (Å²) in [7, 11) is 1.63. The first-order chi connectivity index (χ1) is 10.3. The Morgan fingerprint density at radius 1 is 1.43 bits per heavy atom. The summed E-state index contributed by atoms with van der Waals surface area (Å²) in [6.07, 6.45) is 3.42. The highest BCUT2D eigenvalue weighted by atomic mass is 16.5. The van der Waals surface area contributed by atoms with E-state index in [1.807, 2.05) is 35.9 Å². The van der Waals surface area contributed by atoms with E-state index in [-0.39, 0.29) is 6.04 Å². The predicted octanol–water partition coefficient (Wildman–Crippen LogP) is 2.21. The Morgan fingerprint density at radius 3 is 2.95 bits per heavy atom. The number of methoxy groups -OCH3 is 1. The van der Waals surface area contributed by atoms with Crippen LogP contribution in [0.2, 0.25) is 0 Å². The second-order valence-electron chi connectivity index (χ2n) is 4.70. The topological polar surface area (TPSA) is 78.2 Å². The molecule has 2 aromatic heterocycles. The molecule has 0 saturated carbocycles. The lowest BCUT2D eigenvalue weighted by molar-refractivity contribution is 0.399. The number of para-hydroxylation sites is 1. The minimum absolute atomic E-state index is 0.258. The molecule has 0 aliphatic heterocycles. The normalized spacial score (nSPS) is 12.7. The Kier molecular flexibility index (Phi) is 3.64. The van der Waals surface area contributed by atoms with Gasteiger partial charge in [0.1, 0.15) is 11.3 Å². The molecule has 110 valence electrons. The van der Waals surface area contributed by atoms with E-state index in [1.165, 1.54) is 0 Å². The lowest BCUT2D eigenvalue weighted by Gasteiger charge is -2.17. The van der Waals surface area contributed by atoms with E-state index >= 15 is 0 Å². The molecule has 1 unspecified atom stereocenters. The van der Waals surface area contributed by atoms with Crippen molar-refractivity contribution in [3.8, 4) is 5.75 Å². The van der Waals surface area contributed by atoms with Gasteiger partial charge in [0, 0.05) is 17.5 Å². The van der Waals surface area contributed by atoms with Crippen molar-refractivity contribution in [3.63, 3.8) is 0 Å². The van der Waals surface area contributed by atoms with Gasteiger partial charge in [0.05, 0.1) is 25.6 Å². The van der Waals surface area contributed by atoms with E-state index < -0.39 is 0 Å². The zero-order valence-corrected chi connectivity index (χ0v) is 12.0. The fourth-order valence-electron chi connectivity index (χ4n) is 2.62. The molecule has 3 aromatic rings. The van der Waals surface area contributed by atoms with Crippen molar-refractivity contribution >= 4 is 11.0 Å². The minimum atomic E-state index is -0.258. The zero-order chi connectivity index (χ0) is 14.8. The SMILES string of the molecule is CCn1ncc(OC)c1C(NN)c1coc2ccccc12. The van der Waals surface area contributed by atoms with Gasteiger partial charge in [-0.3, -0.25) is 10.5 Å². The number of furan rings is 1. The van der Waals surface area contributed by atoms with Gasteiger partial charge in [-0.1, -0.05) is 18.2 Å². The Balaban J connectivity index is 2.16. The number of benzene rings is 1. The van der Waals surface area contributed by atoms with Crippen LogP contribution in [-0.2, 0) is 6.54 Å². The van der Waals surface area contributed by atoms with Crippen molar-refractivity contribution in [2.75, 3.05) is 7.11 Å². The van der Waals surface area contributed by atoms with Gasteiger partial charge in [-0.2, -0.15) is 5.10 Å². The van der Waals surface area contributed by atoms with E-state index in [1.54, 1.807) is 19.6 Å². The molecule has 0 radical (unpaired) electrons. The second kappa shape index (κ2) is 5.59. The summed E-state index contributed by atoms with van der Waals surface area (Å²) < 4.78 is 12.9. The number of hydrazine groups is 1. The standard InChI is InChI=1S/C15H18N4O2/c1-3-19-15(13(20-2)8-17-19)14(18-16)11-9-21-12-7-5-4-6-10(11)12/h4-9,14,18H,3,16H2,1-2H3. The predicted molar refractivity (Wildman–Crippen MR) is 79.8 cm³/mol. The molecule has 0 aliphatic carbocycles. The van der Waals surface area contributed by atoms with Crippen LogP contribution in [0.1, 0.15) is 24.2 Å². The molecule has 0 saturated heterocycles. The number of nitrogens with one attached hydrogen (secondary N) is 1. The van der Waals surface area contributed by atoms with Crippen LogP contribution in [0.4, 0.5) is 0 Å². The van der Waals surface area contributed by atoms with Crippen LogP contribution < -0.4 is 16.0 Å². The van der Waals surface area contributed by atoms with Crippen LogP contribution in [0.3, 0.4) is 0 Å². The molecule has 1 aromatic carbocycles. The van der Waals surface area contributed by atoms with Crippen LogP contribution in [0.15, 0.2) is 41.1 Å². The molecule has 3 N–H and O–H groups in total. The Morgan fingerprint density at radius 2 is 2.24 bits per heavy atom. The summed E-state index contributed by atoms with van der Waals surface area (Å²) in [4.78, 5) is 0. The van der Waals surface area contributed by atoms with E-state index in [9.17, 15) is 0 Å². The molecule has 0 amide bonds. The van der Waals surface area contributed by atoms with Crippen LogP contribution in [0.5, 0.6) is 5.75 Å². The molecule has 1 atom stereocenters. The average Bonchev–Trinajstić information content (AvgIpc) is 3.13. The molecule has 6 nitrogen and oxygen atoms in total.